The van der Waals surface area contributed by atoms with Crippen molar-refractivity contribution in [3.05, 3.63) is 70.9 Å². The van der Waals surface area contributed by atoms with Gasteiger partial charge in [-0.2, -0.15) is 0 Å². The first-order valence-electron chi connectivity index (χ1n) is 13.8. The Morgan fingerprint density at radius 3 is 2.55 bits per heavy atom. The number of esters is 1. The third kappa shape index (κ3) is 5.15. The van der Waals surface area contributed by atoms with Crippen molar-refractivity contribution >= 4 is 5.97 Å². The van der Waals surface area contributed by atoms with Gasteiger partial charge in [-0.25, -0.2) is 9.37 Å². The van der Waals surface area contributed by atoms with Crippen LogP contribution in [0.15, 0.2) is 42.7 Å². The lowest BCUT2D eigenvalue weighted by molar-refractivity contribution is -0.145. The van der Waals surface area contributed by atoms with Crippen LogP contribution in [0.4, 0.5) is 4.39 Å². The van der Waals surface area contributed by atoms with Gasteiger partial charge < -0.3 is 23.7 Å². The van der Waals surface area contributed by atoms with Crippen LogP contribution < -0.4 is 9.47 Å². The molecule has 210 valence electrons. The van der Waals surface area contributed by atoms with E-state index in [9.17, 15) is 9.18 Å². The van der Waals surface area contributed by atoms with E-state index in [0.29, 0.717) is 41.7 Å². The van der Waals surface area contributed by atoms with E-state index < -0.39 is 12.1 Å². The highest BCUT2D eigenvalue weighted by molar-refractivity contribution is 5.73. The molecule has 2 aliphatic heterocycles. The molecule has 8 nitrogen and oxygen atoms in total. The Hall–Kier alpha value is -3.56. The zero-order valence-electron chi connectivity index (χ0n) is 22.9. The van der Waals surface area contributed by atoms with Crippen LogP contribution >= 0.6 is 0 Å². The van der Waals surface area contributed by atoms with Crippen molar-refractivity contribution in [3.63, 3.8) is 0 Å². The first kappa shape index (κ1) is 26.7. The van der Waals surface area contributed by atoms with Crippen molar-refractivity contribution in [1.82, 2.24) is 9.97 Å². The smallest absolute Gasteiger partial charge is 0.309 e. The molecule has 1 saturated heterocycles. The number of rotatable bonds is 8. The van der Waals surface area contributed by atoms with E-state index in [1.807, 2.05) is 13.0 Å². The number of nitrogens with zero attached hydrogens (tertiary/aromatic N) is 2. The Kier molecular flexibility index (Phi) is 7.42. The third-order valence-electron chi connectivity index (χ3n) is 8.16. The highest BCUT2D eigenvalue weighted by Crippen LogP contribution is 2.48. The minimum atomic E-state index is -0.642. The zero-order chi connectivity index (χ0) is 27.8. The monoisotopic (exact) mass is 548 g/mol. The molecule has 1 unspecified atom stereocenters. The van der Waals surface area contributed by atoms with Gasteiger partial charge in [-0.15, -0.1) is 0 Å². The predicted octanol–water partition coefficient (Wildman–Crippen LogP) is 5.71. The summed E-state index contributed by atoms with van der Waals surface area (Å²) in [4.78, 5) is 21.1. The number of aromatic nitrogens is 2. The molecule has 9 heteroatoms. The summed E-state index contributed by atoms with van der Waals surface area (Å²) in [6, 6.07) is 9.76. The lowest BCUT2D eigenvalue weighted by Crippen LogP contribution is -2.23. The fourth-order valence-electron chi connectivity index (χ4n) is 5.92. The molecule has 1 saturated carbocycles. The van der Waals surface area contributed by atoms with Crippen LogP contribution in [0.5, 0.6) is 11.6 Å². The van der Waals surface area contributed by atoms with Gasteiger partial charge >= 0.3 is 5.97 Å². The second-order valence-electron chi connectivity index (χ2n) is 10.7. The van der Waals surface area contributed by atoms with Crippen molar-refractivity contribution in [2.24, 2.45) is 11.8 Å². The number of aryl methyl sites for hydroxylation is 1. The molecule has 3 aromatic rings. The van der Waals surface area contributed by atoms with Crippen LogP contribution in [-0.2, 0) is 25.4 Å². The SMILES string of the molecule is COC(=O)[C@@H](C)[C@H](c1ccc2c(c1)OC(c1cc(C3OCCO3)c(-c3cc(OC)ncc3F)cn1)CC2)C1CC1. The number of pyridine rings is 2. The van der Waals surface area contributed by atoms with E-state index in [2.05, 4.69) is 23.2 Å². The zero-order valence-corrected chi connectivity index (χ0v) is 22.9. The Bertz CT molecular complexity index is 1400. The number of hydrogen-bond donors (Lipinski definition) is 0. The van der Waals surface area contributed by atoms with E-state index in [0.717, 1.165) is 54.5 Å². The second-order valence-corrected chi connectivity index (χ2v) is 10.7. The molecular formula is C31H33FN2O6. The number of fused-ring (bicyclic) bond motifs is 1. The van der Waals surface area contributed by atoms with Crippen LogP contribution in [0.3, 0.4) is 0 Å². The van der Waals surface area contributed by atoms with E-state index in [1.54, 1.807) is 12.3 Å². The summed E-state index contributed by atoms with van der Waals surface area (Å²) in [6.07, 6.45) is 5.63. The fraction of sp³-hybridized carbons (Fsp3) is 0.452. The van der Waals surface area contributed by atoms with Crippen LogP contribution in [0, 0.1) is 17.7 Å². The quantitative estimate of drug-likeness (QED) is 0.331. The topological polar surface area (TPSA) is 89.0 Å². The molecule has 3 atom stereocenters. The summed E-state index contributed by atoms with van der Waals surface area (Å²) in [7, 11) is 2.93. The summed E-state index contributed by atoms with van der Waals surface area (Å²) < 4.78 is 43.3. The van der Waals surface area contributed by atoms with Gasteiger partial charge in [0.05, 0.1) is 45.2 Å². The van der Waals surface area contributed by atoms with Crippen LogP contribution in [-0.4, -0.2) is 43.4 Å². The number of hydrogen-bond acceptors (Lipinski definition) is 8. The van der Waals surface area contributed by atoms with Gasteiger partial charge in [-0.05, 0) is 60.8 Å². The number of methoxy groups -OCH3 is 2. The molecule has 4 heterocycles. The summed E-state index contributed by atoms with van der Waals surface area (Å²) in [5, 5.41) is 0. The minimum absolute atomic E-state index is 0.0923. The number of halogens is 1. The number of carbonyl (C=O) groups is 1. The van der Waals surface area contributed by atoms with E-state index in [-0.39, 0.29) is 23.9 Å². The Balaban J connectivity index is 1.32. The molecular weight excluding hydrogens is 515 g/mol. The molecule has 1 aromatic carbocycles. The molecule has 6 rings (SSSR count). The third-order valence-corrected chi connectivity index (χ3v) is 8.16. The molecule has 3 aliphatic rings. The molecule has 0 amide bonds. The van der Waals surface area contributed by atoms with Gasteiger partial charge in [0.15, 0.2) is 6.29 Å². The molecule has 0 spiro atoms. The Morgan fingerprint density at radius 2 is 1.82 bits per heavy atom. The fourth-order valence-corrected chi connectivity index (χ4v) is 5.92. The average Bonchev–Trinajstić information content (AvgIpc) is 3.67. The molecule has 0 N–H and O–H groups in total. The van der Waals surface area contributed by atoms with E-state index in [4.69, 9.17) is 28.7 Å². The Morgan fingerprint density at radius 1 is 1.02 bits per heavy atom. The molecule has 2 fully saturated rings. The molecule has 40 heavy (non-hydrogen) atoms. The predicted molar refractivity (Wildman–Crippen MR) is 143 cm³/mol. The molecule has 0 bridgehead atoms. The van der Waals surface area contributed by atoms with Gasteiger partial charge in [0.25, 0.3) is 0 Å². The first-order valence-corrected chi connectivity index (χ1v) is 13.8. The summed E-state index contributed by atoms with van der Waals surface area (Å²) in [5.41, 5.74) is 4.49. The van der Waals surface area contributed by atoms with Crippen LogP contribution in [0.1, 0.15) is 66.9 Å². The van der Waals surface area contributed by atoms with Gasteiger partial charge in [0.1, 0.15) is 17.7 Å². The van der Waals surface area contributed by atoms with Crippen molar-refractivity contribution in [3.8, 4) is 22.8 Å². The van der Waals surface area contributed by atoms with Crippen molar-refractivity contribution in [1.29, 1.82) is 0 Å². The highest BCUT2D eigenvalue weighted by Gasteiger charge is 2.39. The molecule has 1 aliphatic carbocycles. The molecule has 0 radical (unpaired) electrons. The number of carbonyl (C=O) groups excluding carboxylic acids is 1. The maximum Gasteiger partial charge on any atom is 0.309 e. The number of benzene rings is 1. The minimum Gasteiger partial charge on any atom is -0.484 e. The Labute approximate surface area is 232 Å². The maximum atomic E-state index is 14.9. The summed E-state index contributed by atoms with van der Waals surface area (Å²) in [6.45, 7) is 2.84. The average molecular weight is 549 g/mol. The van der Waals surface area contributed by atoms with Crippen LogP contribution in [0.25, 0.3) is 11.1 Å². The highest BCUT2D eigenvalue weighted by atomic mass is 19.1. The summed E-state index contributed by atoms with van der Waals surface area (Å²) >= 11 is 0. The van der Waals surface area contributed by atoms with Crippen molar-refractivity contribution < 1.29 is 32.9 Å². The number of ether oxygens (including phenoxy) is 5. The lowest BCUT2D eigenvalue weighted by atomic mass is 9.82. The van der Waals surface area contributed by atoms with Gasteiger partial charge in [-0.3, -0.25) is 9.78 Å². The van der Waals surface area contributed by atoms with Gasteiger partial charge in [0, 0.05) is 29.0 Å². The van der Waals surface area contributed by atoms with Crippen molar-refractivity contribution in [2.45, 2.75) is 50.9 Å². The van der Waals surface area contributed by atoms with Crippen molar-refractivity contribution in [2.75, 3.05) is 27.4 Å². The first-order chi connectivity index (χ1) is 19.5. The molecule has 2 aromatic heterocycles. The van der Waals surface area contributed by atoms with E-state index >= 15 is 0 Å². The summed E-state index contributed by atoms with van der Waals surface area (Å²) in [5.74, 6) is 0.763. The standard InChI is InChI=1S/C31H33FN2O6/c1-17(30(35)37-3)29(19-5-6-19)20-7-4-18-8-9-26(40-27(18)12-20)25-13-22(31-38-10-11-39-31)23(15-33-25)21-14-28(36-2)34-16-24(21)32/h4,7,12-17,19,26,29,31H,5-6,8-11H2,1-3H3/t17-,26?,29-/m0/s1. The maximum absolute atomic E-state index is 14.9. The lowest BCUT2D eigenvalue weighted by Gasteiger charge is -2.29. The normalized spacial score (nSPS) is 20.4. The van der Waals surface area contributed by atoms with Gasteiger partial charge in [0.2, 0.25) is 5.88 Å². The largest absolute Gasteiger partial charge is 0.484 e. The van der Waals surface area contributed by atoms with Gasteiger partial charge in [-0.1, -0.05) is 19.1 Å². The van der Waals surface area contributed by atoms with Crippen LogP contribution in [0.2, 0.25) is 0 Å². The second kappa shape index (κ2) is 11.1. The van der Waals surface area contributed by atoms with E-state index in [1.165, 1.54) is 14.2 Å².